The molecule has 3 nitrogen and oxygen atoms in total. The minimum absolute atomic E-state index is 0.0874. The minimum atomic E-state index is -0.0874. The molecule has 0 saturated carbocycles. The number of benzene rings is 3. The van der Waals surface area contributed by atoms with Gasteiger partial charge in [-0.3, -0.25) is 4.79 Å². The molecule has 184 valence electrons. The number of hydrogen-bond donors (Lipinski definition) is 1. The molecule has 0 atom stereocenters. The van der Waals surface area contributed by atoms with Gasteiger partial charge < -0.3 is 4.98 Å². The van der Waals surface area contributed by atoms with Crippen LogP contribution < -0.4 is 5.56 Å². The monoisotopic (exact) mass is 476 g/mol. The van der Waals surface area contributed by atoms with E-state index < -0.39 is 0 Å². The second kappa shape index (κ2) is 10.3. The van der Waals surface area contributed by atoms with Crippen LogP contribution in [0.3, 0.4) is 0 Å². The van der Waals surface area contributed by atoms with Gasteiger partial charge in [-0.25, -0.2) is 4.98 Å². The first kappa shape index (κ1) is 24.2. The van der Waals surface area contributed by atoms with Crippen LogP contribution in [0.1, 0.15) is 69.1 Å². The maximum atomic E-state index is 11.1. The van der Waals surface area contributed by atoms with Crippen LogP contribution in [0, 0.1) is 12.3 Å². The number of fused-ring (bicyclic) bond motifs is 5. The number of hydrogen-bond acceptors (Lipinski definition) is 2. The van der Waals surface area contributed by atoms with Gasteiger partial charge in [-0.05, 0) is 84.0 Å². The zero-order chi connectivity index (χ0) is 25.1. The predicted molar refractivity (Wildman–Crippen MR) is 152 cm³/mol. The van der Waals surface area contributed by atoms with E-state index in [0.29, 0.717) is 10.8 Å². The Morgan fingerprint density at radius 2 is 1.75 bits per heavy atom. The third-order valence-corrected chi connectivity index (χ3v) is 7.85. The lowest BCUT2D eigenvalue weighted by Gasteiger charge is -2.37. The SMILES string of the molecule is CCCC1(CCC)C=CC2=C(CCc3c2ccc2cc(C)ccc32)C1.O=c1[nH]cnc2ccccc12. The normalized spacial score (nSPS) is 15.9. The van der Waals surface area contributed by atoms with E-state index in [2.05, 4.69) is 73.2 Å². The molecule has 1 heterocycles. The summed E-state index contributed by atoms with van der Waals surface area (Å²) in [6, 6.07) is 18.9. The molecule has 0 spiro atoms. The van der Waals surface area contributed by atoms with Crippen molar-refractivity contribution in [2.75, 3.05) is 0 Å². The molecule has 36 heavy (non-hydrogen) atoms. The topological polar surface area (TPSA) is 45.8 Å². The van der Waals surface area contributed by atoms with E-state index in [0.717, 1.165) is 5.52 Å². The number of aryl methyl sites for hydroxylation is 2. The van der Waals surface area contributed by atoms with Gasteiger partial charge in [0, 0.05) is 0 Å². The van der Waals surface area contributed by atoms with Crippen molar-refractivity contribution in [2.24, 2.45) is 5.41 Å². The van der Waals surface area contributed by atoms with E-state index >= 15 is 0 Å². The van der Waals surface area contributed by atoms with E-state index in [-0.39, 0.29) is 5.56 Å². The molecule has 6 rings (SSSR count). The summed E-state index contributed by atoms with van der Waals surface area (Å²) >= 11 is 0. The van der Waals surface area contributed by atoms with Crippen molar-refractivity contribution >= 4 is 27.2 Å². The summed E-state index contributed by atoms with van der Waals surface area (Å²) in [6.07, 6.45) is 15.4. The van der Waals surface area contributed by atoms with Crippen molar-refractivity contribution in [3.05, 3.63) is 106 Å². The summed E-state index contributed by atoms with van der Waals surface area (Å²) < 4.78 is 0. The van der Waals surface area contributed by atoms with Gasteiger partial charge >= 0.3 is 0 Å². The van der Waals surface area contributed by atoms with Crippen molar-refractivity contribution in [3.8, 4) is 0 Å². The number of rotatable bonds is 4. The number of aromatic amines is 1. The summed E-state index contributed by atoms with van der Waals surface area (Å²) in [7, 11) is 0. The van der Waals surface area contributed by atoms with Gasteiger partial charge in [-0.15, -0.1) is 0 Å². The molecular weight excluding hydrogens is 440 g/mol. The summed E-state index contributed by atoms with van der Waals surface area (Å²) in [5.74, 6) is 0. The molecule has 1 aromatic heterocycles. The molecule has 1 N–H and O–H groups in total. The smallest absolute Gasteiger partial charge is 0.258 e. The summed E-state index contributed by atoms with van der Waals surface area (Å²) in [6.45, 7) is 6.85. The number of allylic oxidation sites excluding steroid dienone is 4. The van der Waals surface area contributed by atoms with Crippen molar-refractivity contribution in [2.45, 2.75) is 65.7 Å². The van der Waals surface area contributed by atoms with E-state index in [1.54, 1.807) is 17.2 Å². The van der Waals surface area contributed by atoms with Gasteiger partial charge in [0.25, 0.3) is 5.56 Å². The van der Waals surface area contributed by atoms with Crippen LogP contribution in [0.2, 0.25) is 0 Å². The Morgan fingerprint density at radius 1 is 0.944 bits per heavy atom. The Hall–Kier alpha value is -3.46. The van der Waals surface area contributed by atoms with Crippen LogP contribution in [-0.4, -0.2) is 9.97 Å². The fourth-order valence-electron chi connectivity index (χ4n) is 6.25. The van der Waals surface area contributed by atoms with Gasteiger partial charge in [0.15, 0.2) is 0 Å². The van der Waals surface area contributed by atoms with E-state index in [1.165, 1.54) is 78.7 Å². The van der Waals surface area contributed by atoms with Crippen LogP contribution in [-0.2, 0) is 6.42 Å². The maximum absolute atomic E-state index is 11.1. The number of nitrogens with zero attached hydrogens (tertiary/aromatic N) is 1. The number of nitrogens with one attached hydrogen (secondary N) is 1. The molecule has 0 bridgehead atoms. The lowest BCUT2D eigenvalue weighted by molar-refractivity contribution is 0.307. The molecule has 0 saturated heterocycles. The summed E-state index contributed by atoms with van der Waals surface area (Å²) in [4.78, 5) is 17.6. The molecule has 0 radical (unpaired) electrons. The van der Waals surface area contributed by atoms with Gasteiger partial charge in [0.05, 0.1) is 17.2 Å². The number of para-hydroxylation sites is 1. The fourth-order valence-corrected chi connectivity index (χ4v) is 6.25. The quantitative estimate of drug-likeness (QED) is 0.322. The van der Waals surface area contributed by atoms with Crippen molar-refractivity contribution in [1.29, 1.82) is 0 Å². The average molecular weight is 477 g/mol. The fraction of sp³-hybridized carbons (Fsp3) is 0.333. The highest BCUT2D eigenvalue weighted by Gasteiger charge is 2.32. The molecule has 0 unspecified atom stereocenters. The number of H-pyrrole nitrogens is 1. The zero-order valence-corrected chi connectivity index (χ0v) is 21.7. The van der Waals surface area contributed by atoms with Crippen LogP contribution in [0.15, 0.2) is 83.4 Å². The second-order valence-corrected chi connectivity index (χ2v) is 10.5. The molecule has 3 aromatic carbocycles. The summed E-state index contributed by atoms with van der Waals surface area (Å²) in [5.41, 5.74) is 8.73. The molecule has 3 heteroatoms. The van der Waals surface area contributed by atoms with Gasteiger partial charge in [-0.1, -0.05) is 92.4 Å². The van der Waals surface area contributed by atoms with Gasteiger partial charge in [0.1, 0.15) is 0 Å². The lowest BCUT2D eigenvalue weighted by atomic mass is 9.67. The average Bonchev–Trinajstić information content (AvgIpc) is 2.89. The van der Waals surface area contributed by atoms with Gasteiger partial charge in [0.2, 0.25) is 0 Å². The molecule has 0 fully saturated rings. The van der Waals surface area contributed by atoms with E-state index in [9.17, 15) is 4.79 Å². The summed E-state index contributed by atoms with van der Waals surface area (Å²) in [5, 5.41) is 3.49. The highest BCUT2D eigenvalue weighted by molar-refractivity contribution is 5.94. The molecule has 2 aliphatic carbocycles. The maximum Gasteiger partial charge on any atom is 0.258 e. The predicted octanol–water partition coefficient (Wildman–Crippen LogP) is 8.32. The van der Waals surface area contributed by atoms with Crippen LogP contribution in [0.25, 0.3) is 27.2 Å². The minimum Gasteiger partial charge on any atom is -0.313 e. The third-order valence-electron chi connectivity index (χ3n) is 7.85. The Labute approximate surface area is 214 Å². The second-order valence-electron chi connectivity index (χ2n) is 10.5. The molecule has 4 aromatic rings. The Balaban J connectivity index is 0.000000202. The first-order valence-electron chi connectivity index (χ1n) is 13.4. The van der Waals surface area contributed by atoms with Crippen molar-refractivity contribution in [3.63, 3.8) is 0 Å². The molecular formula is C33H36N2O. The standard InChI is InChI=1S/C25H30.C8H6N2O/c1-4-13-25(14-5-2)15-12-22-20(17-25)8-11-23-21-9-6-18(3)16-19(21)7-10-24(22)23;11-8-6-3-1-2-4-7(6)9-5-10-8/h6-7,9-10,12,15-16H,4-5,8,11,13-14,17H2,1-3H3;1-5H,(H,9,10,11). The lowest BCUT2D eigenvalue weighted by Crippen LogP contribution is -2.23. The van der Waals surface area contributed by atoms with E-state index in [1.807, 2.05) is 18.2 Å². The number of aromatic nitrogens is 2. The van der Waals surface area contributed by atoms with E-state index in [4.69, 9.17) is 0 Å². The van der Waals surface area contributed by atoms with Gasteiger partial charge in [-0.2, -0.15) is 0 Å². The first-order valence-corrected chi connectivity index (χ1v) is 13.4. The van der Waals surface area contributed by atoms with Crippen LogP contribution in [0.4, 0.5) is 0 Å². The van der Waals surface area contributed by atoms with Crippen molar-refractivity contribution in [1.82, 2.24) is 9.97 Å². The molecule has 2 aliphatic rings. The highest BCUT2D eigenvalue weighted by atomic mass is 16.1. The van der Waals surface area contributed by atoms with Crippen LogP contribution in [0.5, 0.6) is 0 Å². The first-order chi connectivity index (χ1) is 17.5. The van der Waals surface area contributed by atoms with Crippen molar-refractivity contribution < 1.29 is 0 Å². The zero-order valence-electron chi connectivity index (χ0n) is 21.7. The highest BCUT2D eigenvalue weighted by Crippen LogP contribution is 2.48. The third kappa shape index (κ3) is 4.67. The molecule has 0 aliphatic heterocycles. The Morgan fingerprint density at radius 3 is 2.53 bits per heavy atom. The van der Waals surface area contributed by atoms with Crippen LogP contribution >= 0.6 is 0 Å². The Bertz CT molecular complexity index is 1510. The molecule has 0 amide bonds. The Kier molecular flexibility index (Phi) is 6.91. The largest absolute Gasteiger partial charge is 0.313 e.